The van der Waals surface area contributed by atoms with Gasteiger partial charge in [-0.2, -0.15) is 4.31 Å². The molecule has 4 nitrogen and oxygen atoms in total. The van der Waals surface area contributed by atoms with E-state index in [1.807, 2.05) is 19.2 Å². The third kappa shape index (κ3) is 3.86. The lowest BCUT2D eigenvalue weighted by atomic mass is 10.0. The van der Waals surface area contributed by atoms with Crippen LogP contribution in [0.5, 0.6) is 0 Å². The lowest BCUT2D eigenvalue weighted by molar-refractivity contribution is 0.416. The topological polar surface area (TPSA) is 49.4 Å². The minimum atomic E-state index is -3.35. The van der Waals surface area contributed by atoms with Crippen LogP contribution in [0.25, 0.3) is 0 Å². The van der Waals surface area contributed by atoms with Crippen LogP contribution in [0.4, 0.5) is 0 Å². The molecule has 1 N–H and O–H groups in total. The number of aryl methyl sites for hydroxylation is 1. The van der Waals surface area contributed by atoms with Crippen molar-refractivity contribution in [3.8, 4) is 0 Å². The lowest BCUT2D eigenvalue weighted by Gasteiger charge is -2.21. The second-order valence-corrected chi connectivity index (χ2v) is 8.73. The molecule has 21 heavy (non-hydrogen) atoms. The molecule has 1 fully saturated rings. The van der Waals surface area contributed by atoms with E-state index in [4.69, 9.17) is 0 Å². The zero-order chi connectivity index (χ0) is 15.5. The molecule has 1 unspecified atom stereocenters. The van der Waals surface area contributed by atoms with E-state index in [2.05, 4.69) is 12.2 Å². The van der Waals surface area contributed by atoms with Crippen molar-refractivity contribution in [2.45, 2.75) is 51.5 Å². The fourth-order valence-corrected chi connectivity index (χ4v) is 6.02. The number of hydrogen-bond acceptors (Lipinski definition) is 4. The molecule has 1 aromatic rings. The summed E-state index contributed by atoms with van der Waals surface area (Å²) < 4.78 is 27.7. The van der Waals surface area contributed by atoms with Crippen molar-refractivity contribution in [3.63, 3.8) is 0 Å². The largest absolute Gasteiger partial charge is 0.312 e. The molecule has 1 saturated heterocycles. The van der Waals surface area contributed by atoms with Crippen LogP contribution in [0.2, 0.25) is 0 Å². The Morgan fingerprint density at radius 2 is 2.14 bits per heavy atom. The maximum atomic E-state index is 13.0. The highest BCUT2D eigenvalue weighted by molar-refractivity contribution is 7.89. The van der Waals surface area contributed by atoms with Gasteiger partial charge in [-0.15, -0.1) is 11.3 Å². The van der Waals surface area contributed by atoms with E-state index in [9.17, 15) is 8.42 Å². The van der Waals surface area contributed by atoms with Crippen molar-refractivity contribution in [1.29, 1.82) is 0 Å². The van der Waals surface area contributed by atoms with E-state index in [-0.39, 0.29) is 0 Å². The Balaban J connectivity index is 2.28. The van der Waals surface area contributed by atoms with Crippen molar-refractivity contribution in [2.24, 2.45) is 5.92 Å². The van der Waals surface area contributed by atoms with Crippen LogP contribution < -0.4 is 5.32 Å². The standard InChI is InChI=1S/C15H26N2O2S2/c1-4-16-10-14-15(13(3)11-20-14)21(18,19)17-8-5-6-12(2)7-9-17/h11-12,16H,4-10H2,1-3H3. The summed E-state index contributed by atoms with van der Waals surface area (Å²) in [6.45, 7) is 8.93. The number of rotatable bonds is 5. The molecule has 1 aliphatic rings. The number of sulfonamides is 1. The molecule has 120 valence electrons. The molecular weight excluding hydrogens is 304 g/mol. The van der Waals surface area contributed by atoms with Crippen molar-refractivity contribution in [1.82, 2.24) is 9.62 Å². The van der Waals surface area contributed by atoms with Crippen LogP contribution in [-0.2, 0) is 16.6 Å². The third-order valence-electron chi connectivity index (χ3n) is 4.10. The first-order valence-electron chi connectivity index (χ1n) is 7.74. The Labute approximate surface area is 132 Å². The quantitative estimate of drug-likeness (QED) is 0.903. The molecule has 2 heterocycles. The van der Waals surface area contributed by atoms with Crippen LogP contribution in [0.3, 0.4) is 0 Å². The molecular formula is C15H26N2O2S2. The molecule has 0 aliphatic carbocycles. The summed E-state index contributed by atoms with van der Waals surface area (Å²) in [5, 5.41) is 5.20. The molecule has 0 bridgehead atoms. The number of nitrogens with one attached hydrogen (secondary N) is 1. The summed E-state index contributed by atoms with van der Waals surface area (Å²) in [5.74, 6) is 0.620. The smallest absolute Gasteiger partial charge is 0.244 e. The van der Waals surface area contributed by atoms with Gasteiger partial charge in [0.15, 0.2) is 0 Å². The molecule has 0 aromatic carbocycles. The minimum Gasteiger partial charge on any atom is -0.312 e. The number of nitrogens with zero attached hydrogens (tertiary/aromatic N) is 1. The van der Waals surface area contributed by atoms with E-state index in [1.165, 1.54) is 0 Å². The van der Waals surface area contributed by atoms with Crippen LogP contribution >= 0.6 is 11.3 Å². The van der Waals surface area contributed by atoms with Crippen molar-refractivity contribution < 1.29 is 8.42 Å². The predicted octanol–water partition coefficient (Wildman–Crippen LogP) is 2.98. The van der Waals surface area contributed by atoms with Gasteiger partial charge in [-0.1, -0.05) is 13.8 Å². The SMILES string of the molecule is CCNCc1scc(C)c1S(=O)(=O)N1CCCC(C)CC1. The summed E-state index contributed by atoms with van der Waals surface area (Å²) in [6.07, 6.45) is 3.05. The molecule has 2 rings (SSSR count). The van der Waals surface area contributed by atoms with Gasteiger partial charge < -0.3 is 5.32 Å². The van der Waals surface area contributed by atoms with Crippen LogP contribution in [0.1, 0.15) is 43.6 Å². The highest BCUT2D eigenvalue weighted by Crippen LogP contribution is 2.31. The number of thiophene rings is 1. The Morgan fingerprint density at radius 3 is 2.86 bits per heavy atom. The maximum absolute atomic E-state index is 13.0. The van der Waals surface area contributed by atoms with Gasteiger partial charge in [0.1, 0.15) is 4.90 Å². The van der Waals surface area contributed by atoms with Gasteiger partial charge in [0, 0.05) is 24.5 Å². The first-order chi connectivity index (χ1) is 9.96. The van der Waals surface area contributed by atoms with E-state index in [0.717, 1.165) is 36.2 Å². The zero-order valence-corrected chi connectivity index (χ0v) is 14.8. The maximum Gasteiger partial charge on any atom is 0.244 e. The lowest BCUT2D eigenvalue weighted by Crippen LogP contribution is -2.33. The van der Waals surface area contributed by atoms with E-state index >= 15 is 0 Å². The first kappa shape index (κ1) is 16.9. The van der Waals surface area contributed by atoms with Crippen molar-refractivity contribution in [2.75, 3.05) is 19.6 Å². The van der Waals surface area contributed by atoms with Gasteiger partial charge >= 0.3 is 0 Å². The van der Waals surface area contributed by atoms with Crippen LogP contribution in [0, 0.1) is 12.8 Å². The minimum absolute atomic E-state index is 0.544. The number of hydrogen-bond donors (Lipinski definition) is 1. The monoisotopic (exact) mass is 330 g/mol. The zero-order valence-electron chi connectivity index (χ0n) is 13.2. The normalized spacial score (nSPS) is 21.4. The first-order valence-corrected chi connectivity index (χ1v) is 10.1. The Kier molecular flexibility index (Phi) is 5.82. The predicted molar refractivity (Wildman–Crippen MR) is 88.2 cm³/mol. The van der Waals surface area contributed by atoms with Crippen molar-refractivity contribution in [3.05, 3.63) is 15.8 Å². The average molecular weight is 331 g/mol. The van der Waals surface area contributed by atoms with Gasteiger partial charge in [-0.05, 0) is 49.6 Å². The molecule has 0 saturated carbocycles. The highest BCUT2D eigenvalue weighted by Gasteiger charge is 2.30. The van der Waals surface area contributed by atoms with E-state index in [0.29, 0.717) is 30.4 Å². The fraction of sp³-hybridized carbons (Fsp3) is 0.733. The van der Waals surface area contributed by atoms with Gasteiger partial charge in [-0.3, -0.25) is 0 Å². The Bertz CT molecular complexity index is 566. The molecule has 1 atom stereocenters. The Hall–Kier alpha value is -0.430. The van der Waals surface area contributed by atoms with E-state index < -0.39 is 10.0 Å². The average Bonchev–Trinajstić information content (AvgIpc) is 2.66. The molecule has 0 radical (unpaired) electrons. The summed E-state index contributed by atoms with van der Waals surface area (Å²) >= 11 is 1.54. The second-order valence-electron chi connectivity index (χ2n) is 5.89. The van der Waals surface area contributed by atoms with Gasteiger partial charge in [-0.25, -0.2) is 8.42 Å². The Morgan fingerprint density at radius 1 is 1.38 bits per heavy atom. The summed E-state index contributed by atoms with van der Waals surface area (Å²) in [6, 6.07) is 0. The highest BCUT2D eigenvalue weighted by atomic mass is 32.2. The second kappa shape index (κ2) is 7.22. The van der Waals surface area contributed by atoms with Gasteiger partial charge in [0.2, 0.25) is 10.0 Å². The van der Waals surface area contributed by atoms with Crippen molar-refractivity contribution >= 4 is 21.4 Å². The van der Waals surface area contributed by atoms with Crippen LogP contribution in [0.15, 0.2) is 10.3 Å². The third-order valence-corrected chi connectivity index (χ3v) is 7.46. The molecule has 1 aromatic heterocycles. The van der Waals surface area contributed by atoms with Crippen LogP contribution in [-0.4, -0.2) is 32.4 Å². The van der Waals surface area contributed by atoms with Gasteiger partial charge in [0.05, 0.1) is 0 Å². The van der Waals surface area contributed by atoms with E-state index in [1.54, 1.807) is 15.6 Å². The van der Waals surface area contributed by atoms with Gasteiger partial charge in [0.25, 0.3) is 0 Å². The molecule has 1 aliphatic heterocycles. The summed E-state index contributed by atoms with van der Waals surface area (Å²) in [4.78, 5) is 1.48. The summed E-state index contributed by atoms with van der Waals surface area (Å²) in [7, 11) is -3.35. The summed E-state index contributed by atoms with van der Waals surface area (Å²) in [5.41, 5.74) is 0.880. The fourth-order valence-electron chi connectivity index (χ4n) is 2.80. The molecule has 0 amide bonds. The molecule has 6 heteroatoms. The molecule has 0 spiro atoms.